The van der Waals surface area contributed by atoms with Crippen LogP contribution in [0.15, 0.2) is 60.7 Å². The maximum absolute atomic E-state index is 14.1. The third-order valence-electron chi connectivity index (χ3n) is 7.00. The van der Waals surface area contributed by atoms with Crippen molar-refractivity contribution in [3.63, 3.8) is 0 Å². The number of pyridine rings is 2. The molecule has 0 saturated carbocycles. The molecule has 2 heterocycles. The lowest BCUT2D eigenvalue weighted by atomic mass is 9.76. The zero-order valence-corrected chi connectivity index (χ0v) is 22.2. The molecule has 0 saturated heterocycles. The van der Waals surface area contributed by atoms with E-state index in [0.717, 1.165) is 58.9 Å². The van der Waals surface area contributed by atoms with Crippen LogP contribution in [0.3, 0.4) is 0 Å². The highest BCUT2D eigenvalue weighted by Gasteiger charge is 2.45. The molecule has 6 heteroatoms. The monoisotopic (exact) mass is 496 g/mol. The molecule has 37 heavy (non-hydrogen) atoms. The average molecular weight is 497 g/mol. The van der Waals surface area contributed by atoms with Gasteiger partial charge in [0.25, 0.3) is 0 Å². The summed E-state index contributed by atoms with van der Waals surface area (Å²) in [5.41, 5.74) is 3.22. The van der Waals surface area contributed by atoms with Crippen molar-refractivity contribution in [1.82, 2.24) is 9.97 Å². The molecule has 0 unspecified atom stereocenters. The van der Waals surface area contributed by atoms with Crippen molar-refractivity contribution in [1.29, 1.82) is 0 Å². The highest BCUT2D eigenvalue weighted by Crippen LogP contribution is 2.36. The fraction of sp³-hybridized carbons (Fsp3) is 0.355. The van der Waals surface area contributed by atoms with Crippen LogP contribution in [-0.4, -0.2) is 21.8 Å². The summed E-state index contributed by atoms with van der Waals surface area (Å²) in [6.07, 6.45) is 4.25. The van der Waals surface area contributed by atoms with E-state index in [1.807, 2.05) is 74.5 Å². The summed E-state index contributed by atoms with van der Waals surface area (Å²) in [5, 5.41) is 8.10. The van der Waals surface area contributed by atoms with Crippen LogP contribution in [0.5, 0.6) is 0 Å². The first-order chi connectivity index (χ1) is 17.9. The number of aryl methyl sites for hydroxylation is 2. The van der Waals surface area contributed by atoms with E-state index in [0.29, 0.717) is 24.2 Å². The Morgan fingerprint density at radius 2 is 1.11 bits per heavy atom. The normalized spacial score (nSPS) is 11.6. The number of para-hydroxylation sites is 2. The van der Waals surface area contributed by atoms with Crippen molar-refractivity contribution in [3.05, 3.63) is 72.1 Å². The Labute approximate surface area is 218 Å². The van der Waals surface area contributed by atoms with Crippen molar-refractivity contribution in [3.8, 4) is 0 Å². The van der Waals surface area contributed by atoms with Gasteiger partial charge in [0.2, 0.25) is 11.8 Å². The molecule has 192 valence electrons. The van der Waals surface area contributed by atoms with Crippen molar-refractivity contribution in [2.24, 2.45) is 5.41 Å². The molecule has 4 aromatic rings. The predicted molar refractivity (Wildman–Crippen MR) is 152 cm³/mol. The number of amides is 2. The largest absolute Gasteiger partial charge is 0.323 e. The summed E-state index contributed by atoms with van der Waals surface area (Å²) in [6, 6.07) is 19.4. The molecular weight excluding hydrogens is 460 g/mol. The summed E-state index contributed by atoms with van der Waals surface area (Å²) in [5.74, 6) is -0.570. The molecule has 2 amide bonds. The Balaban J connectivity index is 1.74. The summed E-state index contributed by atoms with van der Waals surface area (Å²) in [7, 11) is 0. The van der Waals surface area contributed by atoms with Gasteiger partial charge in [0.1, 0.15) is 5.41 Å². The second kappa shape index (κ2) is 11.5. The highest BCUT2D eigenvalue weighted by molar-refractivity contribution is 6.17. The Morgan fingerprint density at radius 1 is 0.676 bits per heavy atom. The Bertz CT molecular complexity index is 1320. The van der Waals surface area contributed by atoms with Gasteiger partial charge in [-0.15, -0.1) is 0 Å². The van der Waals surface area contributed by atoms with Crippen LogP contribution in [-0.2, 0) is 9.59 Å². The zero-order valence-electron chi connectivity index (χ0n) is 22.2. The SMILES string of the molecule is CCCCC(CCCC)(C(=O)Nc1cccc2ccc(C)nc12)C(=O)Nc1cccc2ccc(C)nc12. The molecular formula is C31H36N4O2. The van der Waals surface area contributed by atoms with Crippen molar-refractivity contribution in [2.45, 2.75) is 66.2 Å². The third-order valence-corrected chi connectivity index (χ3v) is 7.00. The molecule has 0 radical (unpaired) electrons. The molecule has 6 nitrogen and oxygen atoms in total. The number of unbranched alkanes of at least 4 members (excludes halogenated alkanes) is 2. The molecule has 4 rings (SSSR count). The molecule has 0 bridgehead atoms. The molecule has 0 spiro atoms. The van der Waals surface area contributed by atoms with E-state index in [-0.39, 0.29) is 11.8 Å². The number of carbonyl (C=O) groups is 2. The number of rotatable bonds is 10. The minimum Gasteiger partial charge on any atom is -0.323 e. The minimum absolute atomic E-state index is 0.285. The van der Waals surface area contributed by atoms with Gasteiger partial charge < -0.3 is 10.6 Å². The number of nitrogens with zero attached hydrogens (tertiary/aromatic N) is 2. The molecule has 0 aliphatic carbocycles. The van der Waals surface area contributed by atoms with Crippen LogP contribution in [0.25, 0.3) is 21.8 Å². The molecule has 2 aromatic carbocycles. The molecule has 0 fully saturated rings. The second-order valence-corrected chi connectivity index (χ2v) is 9.86. The fourth-order valence-corrected chi connectivity index (χ4v) is 4.81. The number of carbonyl (C=O) groups excluding carboxylic acids is 2. The predicted octanol–water partition coefficient (Wildman–Crippen LogP) is 7.34. The van der Waals surface area contributed by atoms with Crippen LogP contribution in [0, 0.1) is 19.3 Å². The lowest BCUT2D eigenvalue weighted by molar-refractivity contribution is -0.138. The number of nitrogens with one attached hydrogen (secondary N) is 2. The molecule has 0 atom stereocenters. The van der Waals surface area contributed by atoms with Crippen LogP contribution >= 0.6 is 0 Å². The van der Waals surface area contributed by atoms with Gasteiger partial charge in [-0.3, -0.25) is 19.6 Å². The maximum Gasteiger partial charge on any atom is 0.240 e. The van der Waals surface area contributed by atoms with Crippen LogP contribution in [0.4, 0.5) is 11.4 Å². The number of aromatic nitrogens is 2. The summed E-state index contributed by atoms with van der Waals surface area (Å²) in [4.78, 5) is 37.6. The van der Waals surface area contributed by atoms with Gasteiger partial charge in [0.15, 0.2) is 0 Å². The smallest absolute Gasteiger partial charge is 0.240 e. The topological polar surface area (TPSA) is 84.0 Å². The van der Waals surface area contributed by atoms with E-state index in [1.165, 1.54) is 0 Å². The number of benzene rings is 2. The quantitative estimate of drug-likeness (QED) is 0.225. The molecule has 0 aliphatic heterocycles. The van der Waals surface area contributed by atoms with Crippen molar-refractivity contribution in [2.75, 3.05) is 10.6 Å². The van der Waals surface area contributed by atoms with Gasteiger partial charge in [-0.2, -0.15) is 0 Å². The standard InChI is InChI=1S/C31H36N4O2/c1-5-7-19-31(20-8-6-2,29(36)34-25-13-9-11-23-17-15-21(3)32-27(23)25)30(37)35-26-14-10-12-24-18-16-22(4)33-28(24)26/h9-18H,5-8,19-20H2,1-4H3,(H,34,36)(H,35,37). The Morgan fingerprint density at radius 3 is 1.51 bits per heavy atom. The van der Waals surface area contributed by atoms with E-state index in [4.69, 9.17) is 0 Å². The van der Waals surface area contributed by atoms with Gasteiger partial charge in [-0.25, -0.2) is 0 Å². The number of anilines is 2. The zero-order chi connectivity index (χ0) is 26.4. The van der Waals surface area contributed by atoms with Crippen molar-refractivity contribution >= 4 is 45.0 Å². The van der Waals surface area contributed by atoms with Gasteiger partial charge in [-0.1, -0.05) is 75.9 Å². The maximum atomic E-state index is 14.1. The second-order valence-electron chi connectivity index (χ2n) is 9.86. The highest BCUT2D eigenvalue weighted by atomic mass is 16.2. The number of hydrogen-bond acceptors (Lipinski definition) is 4. The van der Waals surface area contributed by atoms with E-state index in [1.54, 1.807) is 0 Å². The third kappa shape index (κ3) is 5.63. The van der Waals surface area contributed by atoms with E-state index >= 15 is 0 Å². The van der Waals surface area contributed by atoms with E-state index in [9.17, 15) is 9.59 Å². The van der Waals surface area contributed by atoms with Gasteiger partial charge in [0.05, 0.1) is 22.4 Å². The molecule has 2 N–H and O–H groups in total. The van der Waals surface area contributed by atoms with Crippen LogP contribution in [0.2, 0.25) is 0 Å². The first-order valence-electron chi connectivity index (χ1n) is 13.2. The summed E-state index contributed by atoms with van der Waals surface area (Å²) >= 11 is 0. The summed E-state index contributed by atoms with van der Waals surface area (Å²) < 4.78 is 0. The molecule has 2 aromatic heterocycles. The van der Waals surface area contributed by atoms with Crippen LogP contribution < -0.4 is 10.6 Å². The molecule has 0 aliphatic rings. The Hall–Kier alpha value is -3.80. The first kappa shape index (κ1) is 26.3. The summed E-state index contributed by atoms with van der Waals surface area (Å²) in [6.45, 7) is 8.01. The van der Waals surface area contributed by atoms with Crippen LogP contribution in [0.1, 0.15) is 63.8 Å². The fourth-order valence-electron chi connectivity index (χ4n) is 4.81. The number of fused-ring (bicyclic) bond motifs is 2. The van der Waals surface area contributed by atoms with E-state index < -0.39 is 5.41 Å². The minimum atomic E-state index is -1.22. The Kier molecular flexibility index (Phi) is 8.17. The number of hydrogen-bond donors (Lipinski definition) is 2. The van der Waals surface area contributed by atoms with Gasteiger partial charge >= 0.3 is 0 Å². The van der Waals surface area contributed by atoms with Gasteiger partial charge in [0, 0.05) is 22.2 Å². The van der Waals surface area contributed by atoms with Crippen molar-refractivity contribution < 1.29 is 9.59 Å². The lowest BCUT2D eigenvalue weighted by Crippen LogP contribution is -2.46. The lowest BCUT2D eigenvalue weighted by Gasteiger charge is -2.31. The van der Waals surface area contributed by atoms with E-state index in [2.05, 4.69) is 34.4 Å². The van der Waals surface area contributed by atoms with Gasteiger partial charge in [-0.05, 0) is 51.0 Å². The average Bonchev–Trinajstić information content (AvgIpc) is 2.89. The first-order valence-corrected chi connectivity index (χ1v) is 13.2.